The lowest BCUT2D eigenvalue weighted by Crippen LogP contribution is -2.43. The van der Waals surface area contributed by atoms with E-state index in [1.807, 2.05) is 0 Å². The Morgan fingerprint density at radius 3 is 2.45 bits per heavy atom. The van der Waals surface area contributed by atoms with E-state index >= 15 is 0 Å². The zero-order valence-corrected chi connectivity index (χ0v) is 12.8. The third-order valence-electron chi connectivity index (χ3n) is 3.55. The van der Waals surface area contributed by atoms with E-state index in [4.69, 9.17) is 14.2 Å². The van der Waals surface area contributed by atoms with Crippen LogP contribution >= 0.6 is 0 Å². The van der Waals surface area contributed by atoms with Crippen LogP contribution in [0.2, 0.25) is 0 Å². The lowest BCUT2D eigenvalue weighted by atomic mass is 10.3. The van der Waals surface area contributed by atoms with E-state index in [0.29, 0.717) is 51.0 Å². The number of morpholine rings is 1. The first-order valence-corrected chi connectivity index (χ1v) is 8.69. The van der Waals surface area contributed by atoms with Gasteiger partial charge in [0.2, 0.25) is 5.91 Å². The molecule has 0 N–H and O–H groups in total. The van der Waals surface area contributed by atoms with Crippen LogP contribution in [0.1, 0.15) is 0 Å². The molecule has 0 spiro atoms. The summed E-state index contributed by atoms with van der Waals surface area (Å²) < 4.78 is 40.7. The number of amides is 1. The maximum atomic E-state index is 12.4. The van der Waals surface area contributed by atoms with E-state index in [1.54, 1.807) is 6.07 Å². The molecule has 2 aliphatic rings. The molecule has 22 heavy (non-hydrogen) atoms. The van der Waals surface area contributed by atoms with E-state index in [1.165, 1.54) is 17.0 Å². The van der Waals surface area contributed by atoms with Crippen molar-refractivity contribution >= 4 is 15.7 Å². The summed E-state index contributed by atoms with van der Waals surface area (Å²) >= 11 is 0. The molecule has 0 saturated carbocycles. The quantitative estimate of drug-likeness (QED) is 0.782. The van der Waals surface area contributed by atoms with Crippen LogP contribution in [-0.4, -0.2) is 64.5 Å². The summed E-state index contributed by atoms with van der Waals surface area (Å²) in [6, 6.07) is 4.41. The lowest BCUT2D eigenvalue weighted by Gasteiger charge is -2.26. The largest absolute Gasteiger partial charge is 0.486 e. The van der Waals surface area contributed by atoms with Crippen LogP contribution in [0.3, 0.4) is 0 Å². The summed E-state index contributed by atoms with van der Waals surface area (Å²) in [6.07, 6.45) is 0. The van der Waals surface area contributed by atoms with Crippen molar-refractivity contribution in [2.75, 3.05) is 45.3 Å². The number of hydrogen-bond donors (Lipinski definition) is 0. The number of carbonyl (C=O) groups excluding carboxylic acids is 1. The molecule has 0 aromatic heterocycles. The molecule has 1 fully saturated rings. The van der Waals surface area contributed by atoms with Crippen molar-refractivity contribution in [2.24, 2.45) is 0 Å². The van der Waals surface area contributed by atoms with Crippen LogP contribution in [0, 0.1) is 0 Å². The zero-order chi connectivity index (χ0) is 15.6. The second kappa shape index (κ2) is 6.13. The standard InChI is InChI=1S/C14H17NO6S/c16-14(15-3-5-19-6-4-15)10-22(17,18)11-1-2-12-13(9-11)21-8-7-20-12/h1-2,9H,3-8,10H2. The summed E-state index contributed by atoms with van der Waals surface area (Å²) in [7, 11) is -3.71. The Labute approximate surface area is 128 Å². The van der Waals surface area contributed by atoms with Crippen molar-refractivity contribution < 1.29 is 27.4 Å². The van der Waals surface area contributed by atoms with E-state index in [9.17, 15) is 13.2 Å². The molecule has 0 atom stereocenters. The Balaban J connectivity index is 1.76. The molecular formula is C14H17NO6S. The maximum absolute atomic E-state index is 12.4. The van der Waals surface area contributed by atoms with Crippen LogP contribution < -0.4 is 9.47 Å². The molecule has 7 nitrogen and oxygen atoms in total. The minimum absolute atomic E-state index is 0.0679. The van der Waals surface area contributed by atoms with E-state index in [-0.39, 0.29) is 4.90 Å². The van der Waals surface area contributed by atoms with E-state index in [2.05, 4.69) is 0 Å². The highest BCUT2D eigenvalue weighted by Crippen LogP contribution is 2.32. The highest BCUT2D eigenvalue weighted by atomic mass is 32.2. The number of hydrogen-bond acceptors (Lipinski definition) is 6. The monoisotopic (exact) mass is 327 g/mol. The highest BCUT2D eigenvalue weighted by molar-refractivity contribution is 7.92. The van der Waals surface area contributed by atoms with Crippen molar-refractivity contribution in [1.29, 1.82) is 0 Å². The zero-order valence-electron chi connectivity index (χ0n) is 12.0. The number of ether oxygens (including phenoxy) is 3. The van der Waals surface area contributed by atoms with Gasteiger partial charge >= 0.3 is 0 Å². The summed E-state index contributed by atoms with van der Waals surface area (Å²) in [5.74, 6) is -0.0406. The minimum atomic E-state index is -3.71. The van der Waals surface area contributed by atoms with Crippen LogP contribution in [0.25, 0.3) is 0 Å². The Hall–Kier alpha value is -1.80. The number of rotatable bonds is 3. The first-order valence-electron chi connectivity index (χ1n) is 7.04. The van der Waals surface area contributed by atoms with Gasteiger partial charge in [-0.3, -0.25) is 4.79 Å². The molecule has 8 heteroatoms. The van der Waals surface area contributed by atoms with Gasteiger partial charge in [-0.05, 0) is 12.1 Å². The van der Waals surface area contributed by atoms with Gasteiger partial charge in [0.1, 0.15) is 19.0 Å². The van der Waals surface area contributed by atoms with Gasteiger partial charge in [0, 0.05) is 19.2 Å². The van der Waals surface area contributed by atoms with Crippen molar-refractivity contribution in [1.82, 2.24) is 4.90 Å². The normalized spacial score (nSPS) is 18.1. The predicted molar refractivity (Wildman–Crippen MR) is 76.9 cm³/mol. The molecular weight excluding hydrogens is 310 g/mol. The van der Waals surface area contributed by atoms with Crippen molar-refractivity contribution in [3.05, 3.63) is 18.2 Å². The van der Waals surface area contributed by atoms with Gasteiger partial charge in [0.15, 0.2) is 21.3 Å². The molecule has 3 rings (SSSR count). The summed E-state index contributed by atoms with van der Waals surface area (Å²) in [6.45, 7) is 2.55. The van der Waals surface area contributed by atoms with Gasteiger partial charge in [-0.1, -0.05) is 0 Å². The molecule has 0 aliphatic carbocycles. The molecule has 1 amide bonds. The average molecular weight is 327 g/mol. The molecule has 0 bridgehead atoms. The summed E-state index contributed by atoms with van der Waals surface area (Å²) in [5, 5.41) is 0. The Bertz CT molecular complexity index is 666. The van der Waals surface area contributed by atoms with Gasteiger partial charge in [0.05, 0.1) is 18.1 Å². The molecule has 0 unspecified atom stereocenters. The first-order chi connectivity index (χ1) is 10.6. The minimum Gasteiger partial charge on any atom is -0.486 e. The summed E-state index contributed by atoms with van der Waals surface area (Å²) in [4.78, 5) is 13.7. The third kappa shape index (κ3) is 3.17. The smallest absolute Gasteiger partial charge is 0.238 e. The Morgan fingerprint density at radius 2 is 1.73 bits per heavy atom. The van der Waals surface area contributed by atoms with Crippen molar-refractivity contribution in [3.63, 3.8) is 0 Å². The number of carbonyl (C=O) groups is 1. The van der Waals surface area contributed by atoms with E-state index in [0.717, 1.165) is 0 Å². The highest BCUT2D eigenvalue weighted by Gasteiger charge is 2.26. The molecule has 120 valence electrons. The maximum Gasteiger partial charge on any atom is 0.238 e. The molecule has 2 aliphatic heterocycles. The second-order valence-electron chi connectivity index (χ2n) is 5.06. The summed E-state index contributed by atoms with van der Waals surface area (Å²) in [5.41, 5.74) is 0. The molecule has 1 saturated heterocycles. The number of nitrogens with zero attached hydrogens (tertiary/aromatic N) is 1. The third-order valence-corrected chi connectivity index (χ3v) is 5.15. The van der Waals surface area contributed by atoms with Crippen LogP contribution in [0.4, 0.5) is 0 Å². The Morgan fingerprint density at radius 1 is 1.05 bits per heavy atom. The first kappa shape index (κ1) is 15.1. The second-order valence-corrected chi connectivity index (χ2v) is 7.05. The lowest BCUT2D eigenvalue weighted by molar-refractivity contribution is -0.132. The fourth-order valence-corrected chi connectivity index (χ4v) is 3.60. The Kier molecular flexibility index (Phi) is 4.21. The fourth-order valence-electron chi connectivity index (χ4n) is 2.37. The number of benzene rings is 1. The molecule has 1 aromatic carbocycles. The van der Waals surface area contributed by atoms with Gasteiger partial charge < -0.3 is 19.1 Å². The topological polar surface area (TPSA) is 82.1 Å². The predicted octanol–water partition coefficient (Wildman–Crippen LogP) is 0.0903. The molecule has 0 radical (unpaired) electrons. The molecule has 1 aromatic rings. The average Bonchev–Trinajstić information content (AvgIpc) is 2.55. The number of fused-ring (bicyclic) bond motifs is 1. The number of sulfone groups is 1. The van der Waals surface area contributed by atoms with Crippen molar-refractivity contribution in [3.8, 4) is 11.5 Å². The molecule has 2 heterocycles. The van der Waals surface area contributed by atoms with Gasteiger partial charge in [0.25, 0.3) is 0 Å². The fraction of sp³-hybridized carbons (Fsp3) is 0.500. The van der Waals surface area contributed by atoms with E-state index < -0.39 is 21.5 Å². The van der Waals surface area contributed by atoms with Gasteiger partial charge in [-0.25, -0.2) is 8.42 Å². The van der Waals surface area contributed by atoms with Crippen LogP contribution in [0.15, 0.2) is 23.1 Å². The van der Waals surface area contributed by atoms with Crippen molar-refractivity contribution in [2.45, 2.75) is 4.90 Å². The van der Waals surface area contributed by atoms with Crippen LogP contribution in [0.5, 0.6) is 11.5 Å². The van der Waals surface area contributed by atoms with Crippen LogP contribution in [-0.2, 0) is 19.4 Å². The van der Waals surface area contributed by atoms with Gasteiger partial charge in [-0.2, -0.15) is 0 Å². The SMILES string of the molecule is O=C(CS(=O)(=O)c1ccc2c(c1)OCCO2)N1CCOCC1. The van der Waals surface area contributed by atoms with Gasteiger partial charge in [-0.15, -0.1) is 0 Å².